The minimum Gasteiger partial charge on any atom is -0.504 e. The van der Waals surface area contributed by atoms with Crippen molar-refractivity contribution >= 4 is 5.91 Å². The number of hydrogen-bond donors (Lipinski definition) is 3. The van der Waals surface area contributed by atoms with Gasteiger partial charge >= 0.3 is 0 Å². The SMILES string of the molecule is COc1c(C)c(OC)c2c(c1O)[C@H]1[C@@H]3Cc4c(OC)c(C)c(OC)c(O)c4[C@H](CNC(=O)c4c(F)c(F)c(F)c(F)c4F)N3[C@@H](C#N)[C@@H](C2)N1C. The minimum atomic E-state index is -2.42. The Hall–Kier alpha value is -5.01. The zero-order valence-corrected chi connectivity index (χ0v) is 28.7. The number of amides is 1. The predicted molar refractivity (Wildman–Crippen MR) is 170 cm³/mol. The molecule has 5 atom stereocenters. The van der Waals surface area contributed by atoms with Gasteiger partial charge in [-0.05, 0) is 33.7 Å². The molecule has 51 heavy (non-hydrogen) atoms. The third-order valence-corrected chi connectivity index (χ3v) is 10.6. The highest BCUT2D eigenvalue weighted by atomic mass is 19.2. The lowest BCUT2D eigenvalue weighted by atomic mass is 9.71. The summed E-state index contributed by atoms with van der Waals surface area (Å²) >= 11 is 0. The number of ether oxygens (including phenoxy) is 4. The van der Waals surface area contributed by atoms with E-state index in [2.05, 4.69) is 11.4 Å². The number of likely N-dealkylation sites (N-methyl/N-ethyl adjacent to an activating group) is 1. The molecule has 272 valence electrons. The molecular weight excluding hydrogens is 683 g/mol. The van der Waals surface area contributed by atoms with Gasteiger partial charge in [0.05, 0.1) is 46.6 Å². The van der Waals surface area contributed by atoms with Gasteiger partial charge in [-0.1, -0.05) is 0 Å². The number of carbonyl (C=O) groups excluding carboxylic acids is 1. The molecule has 0 radical (unpaired) electrons. The zero-order chi connectivity index (χ0) is 37.4. The summed E-state index contributed by atoms with van der Waals surface area (Å²) in [5, 5.41) is 36.5. The fraction of sp³-hybridized carbons (Fsp3) is 0.429. The molecule has 1 amide bonds. The fourth-order valence-electron chi connectivity index (χ4n) is 8.50. The van der Waals surface area contributed by atoms with Gasteiger partial charge in [-0.25, -0.2) is 22.0 Å². The van der Waals surface area contributed by atoms with Crippen molar-refractivity contribution in [2.75, 3.05) is 42.0 Å². The fourth-order valence-corrected chi connectivity index (χ4v) is 8.50. The van der Waals surface area contributed by atoms with Crippen LogP contribution in [0.15, 0.2) is 0 Å². The maximum absolute atomic E-state index is 14.7. The predicted octanol–water partition coefficient (Wildman–Crippen LogP) is 4.65. The van der Waals surface area contributed by atoms with Crippen molar-refractivity contribution in [3.05, 3.63) is 68.0 Å². The number of fused-ring (bicyclic) bond motifs is 7. The Morgan fingerprint density at radius 3 is 1.73 bits per heavy atom. The lowest BCUT2D eigenvalue weighted by molar-refractivity contribution is -0.0724. The molecule has 0 spiro atoms. The van der Waals surface area contributed by atoms with Gasteiger partial charge in [0, 0.05) is 52.0 Å². The van der Waals surface area contributed by atoms with Crippen LogP contribution in [0.1, 0.15) is 55.8 Å². The van der Waals surface area contributed by atoms with Gasteiger partial charge in [-0.3, -0.25) is 14.6 Å². The Labute approximate surface area is 289 Å². The maximum Gasteiger partial charge on any atom is 0.257 e. The molecule has 1 fully saturated rings. The monoisotopic (exact) mass is 718 g/mol. The molecule has 1 saturated heterocycles. The minimum absolute atomic E-state index is 0.0240. The summed E-state index contributed by atoms with van der Waals surface area (Å²) in [6, 6.07) is -1.70. The number of aromatic hydroxyl groups is 2. The lowest BCUT2D eigenvalue weighted by Gasteiger charge is -2.60. The summed E-state index contributed by atoms with van der Waals surface area (Å²) in [6.45, 7) is 2.82. The Morgan fingerprint density at radius 2 is 1.24 bits per heavy atom. The zero-order valence-electron chi connectivity index (χ0n) is 28.7. The van der Waals surface area contributed by atoms with Crippen LogP contribution in [0.3, 0.4) is 0 Å². The van der Waals surface area contributed by atoms with Crippen LogP contribution < -0.4 is 24.3 Å². The Balaban J connectivity index is 1.58. The highest BCUT2D eigenvalue weighted by Crippen LogP contribution is 2.58. The molecule has 3 N–H and O–H groups in total. The van der Waals surface area contributed by atoms with Crippen LogP contribution in [0.5, 0.6) is 34.5 Å². The topological polar surface area (TPSA) is 137 Å². The van der Waals surface area contributed by atoms with E-state index in [0.29, 0.717) is 39.3 Å². The molecule has 2 bridgehead atoms. The number of phenolic OH excluding ortho intramolecular Hbond substituents is 2. The summed E-state index contributed by atoms with van der Waals surface area (Å²) in [7, 11) is 7.44. The molecule has 3 aromatic carbocycles. The average molecular weight is 719 g/mol. The van der Waals surface area contributed by atoms with E-state index in [1.807, 2.05) is 11.9 Å². The van der Waals surface area contributed by atoms with Crippen molar-refractivity contribution in [3.8, 4) is 40.6 Å². The molecule has 0 aromatic heterocycles. The van der Waals surface area contributed by atoms with Gasteiger partial charge in [0.15, 0.2) is 46.3 Å². The Morgan fingerprint density at radius 1 is 0.784 bits per heavy atom. The molecule has 16 heteroatoms. The van der Waals surface area contributed by atoms with Crippen LogP contribution in [-0.4, -0.2) is 86.1 Å². The maximum atomic E-state index is 14.7. The van der Waals surface area contributed by atoms with Crippen molar-refractivity contribution in [2.45, 2.75) is 56.9 Å². The molecular formula is C35H35F5N4O7. The number of carbonyl (C=O) groups is 1. The average Bonchev–Trinajstić information content (AvgIpc) is 3.10. The second-order valence-electron chi connectivity index (χ2n) is 12.7. The molecule has 3 aliphatic rings. The van der Waals surface area contributed by atoms with E-state index in [9.17, 15) is 42.2 Å². The Kier molecular flexibility index (Phi) is 9.09. The highest BCUT2D eigenvalue weighted by molar-refractivity contribution is 5.95. The molecule has 0 saturated carbocycles. The van der Waals surface area contributed by atoms with Crippen LogP contribution in [0.2, 0.25) is 0 Å². The first-order chi connectivity index (χ1) is 24.2. The lowest BCUT2D eigenvalue weighted by Crippen LogP contribution is -2.68. The third kappa shape index (κ3) is 4.92. The second-order valence-corrected chi connectivity index (χ2v) is 12.7. The van der Waals surface area contributed by atoms with Crippen molar-refractivity contribution in [1.29, 1.82) is 5.26 Å². The van der Waals surface area contributed by atoms with Crippen LogP contribution in [0, 0.1) is 54.3 Å². The van der Waals surface area contributed by atoms with Gasteiger partial charge in [0.1, 0.15) is 23.1 Å². The third-order valence-electron chi connectivity index (χ3n) is 10.6. The number of piperazine rings is 1. The van der Waals surface area contributed by atoms with Gasteiger partial charge in [0.25, 0.3) is 5.91 Å². The number of halogens is 5. The van der Waals surface area contributed by atoms with Crippen LogP contribution in [-0.2, 0) is 12.8 Å². The van der Waals surface area contributed by atoms with Crippen LogP contribution in [0.4, 0.5) is 22.0 Å². The van der Waals surface area contributed by atoms with E-state index in [4.69, 9.17) is 18.9 Å². The van der Waals surface area contributed by atoms with Crippen molar-refractivity contribution in [3.63, 3.8) is 0 Å². The molecule has 3 aromatic rings. The van der Waals surface area contributed by atoms with Crippen molar-refractivity contribution in [1.82, 2.24) is 15.1 Å². The second kappa shape index (κ2) is 13.0. The van der Waals surface area contributed by atoms with Gasteiger partial charge in [-0.2, -0.15) is 5.26 Å². The summed E-state index contributed by atoms with van der Waals surface area (Å²) in [5.41, 5.74) is 1.05. The van der Waals surface area contributed by atoms with E-state index in [1.54, 1.807) is 18.7 Å². The number of benzene rings is 3. The first kappa shape index (κ1) is 35.8. The smallest absolute Gasteiger partial charge is 0.257 e. The first-order valence-corrected chi connectivity index (χ1v) is 15.8. The molecule has 6 rings (SSSR count). The van der Waals surface area contributed by atoms with Gasteiger partial charge < -0.3 is 34.5 Å². The normalized spacial score (nSPS) is 22.3. The molecule has 0 unspecified atom stereocenters. The largest absolute Gasteiger partial charge is 0.504 e. The van der Waals surface area contributed by atoms with Crippen LogP contribution in [0.25, 0.3) is 0 Å². The summed E-state index contributed by atoms with van der Waals surface area (Å²) < 4.78 is 94.2. The number of methoxy groups -OCH3 is 4. The Bertz CT molecular complexity index is 1990. The standard InChI is InChI=1S/C35H35F5N4O7/c1-12-31(48-4)14-9-17-28-21-15(32(49-5)13(2)34(51-7)30(21)46)8-16(43(28)3)18(10-41)44(17)19(20(14)29(45)33(12)50-6)11-42-35(47)22-23(36)25(38)27(40)26(39)24(22)37/h16-19,28,45-46H,8-9,11H2,1-7H3,(H,42,47)/t16-,17+,18+,19+,28-/m1/s1. The molecule has 3 heterocycles. The van der Waals surface area contributed by atoms with E-state index in [-0.39, 0.29) is 41.4 Å². The molecule has 0 aliphatic carbocycles. The summed E-state index contributed by atoms with van der Waals surface area (Å²) in [6.07, 6.45) is 0.338. The van der Waals surface area contributed by atoms with E-state index < -0.39 is 77.3 Å². The summed E-state index contributed by atoms with van der Waals surface area (Å²) in [5.74, 6) is -12.8. The van der Waals surface area contributed by atoms with Gasteiger partial charge in [-0.15, -0.1) is 0 Å². The van der Waals surface area contributed by atoms with Crippen LogP contribution >= 0.6 is 0 Å². The van der Waals surface area contributed by atoms with E-state index in [0.717, 1.165) is 0 Å². The van der Waals surface area contributed by atoms with Gasteiger partial charge in [0.2, 0.25) is 5.82 Å². The number of nitrogens with zero attached hydrogens (tertiary/aromatic N) is 3. The summed E-state index contributed by atoms with van der Waals surface area (Å²) in [4.78, 5) is 17.0. The quantitative estimate of drug-likeness (QED) is 0.180. The van der Waals surface area contributed by atoms with E-state index in [1.165, 1.54) is 28.4 Å². The van der Waals surface area contributed by atoms with Crippen molar-refractivity contribution in [2.24, 2.45) is 0 Å². The van der Waals surface area contributed by atoms with Crippen molar-refractivity contribution < 1.29 is 55.9 Å². The molecule has 11 nitrogen and oxygen atoms in total. The van der Waals surface area contributed by atoms with E-state index >= 15 is 0 Å². The number of hydrogen-bond acceptors (Lipinski definition) is 10. The highest BCUT2D eigenvalue weighted by Gasteiger charge is 2.57. The number of nitrogens with one attached hydrogen (secondary N) is 1. The number of phenols is 2. The molecule has 3 aliphatic heterocycles. The number of nitriles is 1. The number of rotatable bonds is 7. The first-order valence-electron chi connectivity index (χ1n) is 15.8.